The Labute approximate surface area is 94.9 Å². The van der Waals surface area contributed by atoms with E-state index in [0.717, 1.165) is 22.8 Å². The van der Waals surface area contributed by atoms with Crippen LogP contribution in [0.4, 0.5) is 0 Å². The second-order valence-electron chi connectivity index (χ2n) is 3.62. The van der Waals surface area contributed by atoms with E-state index < -0.39 is 11.5 Å². The summed E-state index contributed by atoms with van der Waals surface area (Å²) in [5, 5.41) is 11.0. The van der Waals surface area contributed by atoms with Gasteiger partial charge < -0.3 is 5.11 Å². The number of rotatable bonds is 2. The Bertz CT molecular complexity index is 442. The second-order valence-corrected chi connectivity index (χ2v) is 5.54. The third-order valence-corrected chi connectivity index (χ3v) is 4.71. The zero-order valence-electron chi connectivity index (χ0n) is 8.23. The van der Waals surface area contributed by atoms with E-state index in [9.17, 15) is 14.7 Å². The number of nitrogens with zero attached hydrogens (tertiary/aromatic N) is 1. The fourth-order valence-corrected chi connectivity index (χ4v) is 4.05. The Balaban J connectivity index is 2.60. The number of aryl methyl sites for hydroxylation is 1. The molecule has 1 aromatic heterocycles. The number of carboxylic acid groups (broad SMARTS) is 1. The van der Waals surface area contributed by atoms with Crippen molar-refractivity contribution in [2.45, 2.75) is 18.9 Å². The quantitative estimate of drug-likeness (QED) is 0.848. The highest BCUT2D eigenvalue weighted by atomic mass is 32.2. The molecule has 1 saturated heterocycles. The summed E-state index contributed by atoms with van der Waals surface area (Å²) < 4.78 is 1.44. The van der Waals surface area contributed by atoms with Crippen LogP contribution < -0.4 is 4.87 Å². The number of aromatic nitrogens is 1. The molecule has 1 aliphatic rings. The third kappa shape index (κ3) is 1.52. The molecule has 1 N–H and O–H groups in total. The predicted octanol–water partition coefficient (Wildman–Crippen LogP) is 1.14. The number of thiazole rings is 1. The molecule has 15 heavy (non-hydrogen) atoms. The standard InChI is InChI=1S/C9H11NO3S2/c1-6-4-15-8(13)10(6)9(7(11)12)2-3-14-5-9/h4H,2-3,5H2,1H3,(H,11,12). The van der Waals surface area contributed by atoms with Crippen molar-refractivity contribution in [2.24, 2.45) is 0 Å². The molecule has 1 atom stereocenters. The van der Waals surface area contributed by atoms with E-state index in [1.165, 1.54) is 4.57 Å². The van der Waals surface area contributed by atoms with Crippen molar-refractivity contribution < 1.29 is 9.90 Å². The van der Waals surface area contributed by atoms with Gasteiger partial charge in [-0.25, -0.2) is 4.79 Å². The number of thioether (sulfide) groups is 1. The van der Waals surface area contributed by atoms with Crippen molar-refractivity contribution in [3.63, 3.8) is 0 Å². The van der Waals surface area contributed by atoms with E-state index in [1.807, 2.05) is 0 Å². The highest BCUT2D eigenvalue weighted by Crippen LogP contribution is 2.35. The first-order valence-electron chi connectivity index (χ1n) is 4.57. The van der Waals surface area contributed by atoms with E-state index >= 15 is 0 Å². The summed E-state index contributed by atoms with van der Waals surface area (Å²) in [6, 6.07) is 0. The first kappa shape index (κ1) is 10.8. The molecule has 1 aliphatic heterocycles. The molecule has 0 radical (unpaired) electrons. The van der Waals surface area contributed by atoms with Gasteiger partial charge in [-0.3, -0.25) is 9.36 Å². The third-order valence-electron chi connectivity index (χ3n) is 2.69. The maximum absolute atomic E-state index is 11.6. The monoisotopic (exact) mass is 245 g/mol. The lowest BCUT2D eigenvalue weighted by molar-refractivity contribution is -0.146. The molecule has 82 valence electrons. The molecular formula is C9H11NO3S2. The smallest absolute Gasteiger partial charge is 0.330 e. The number of hydrogen-bond acceptors (Lipinski definition) is 4. The highest BCUT2D eigenvalue weighted by Gasteiger charge is 2.45. The molecule has 0 aliphatic carbocycles. The van der Waals surface area contributed by atoms with Gasteiger partial charge in [0.1, 0.15) is 0 Å². The van der Waals surface area contributed by atoms with Crippen LogP contribution in [0.25, 0.3) is 0 Å². The second kappa shape index (κ2) is 3.68. The first-order valence-corrected chi connectivity index (χ1v) is 6.60. The van der Waals surface area contributed by atoms with Crippen molar-refractivity contribution in [1.29, 1.82) is 0 Å². The molecule has 1 aromatic rings. The topological polar surface area (TPSA) is 59.3 Å². The van der Waals surface area contributed by atoms with Crippen LogP contribution in [0.15, 0.2) is 10.2 Å². The van der Waals surface area contributed by atoms with Gasteiger partial charge in [-0.2, -0.15) is 11.8 Å². The van der Waals surface area contributed by atoms with Crippen molar-refractivity contribution in [3.05, 3.63) is 20.7 Å². The van der Waals surface area contributed by atoms with E-state index in [4.69, 9.17) is 0 Å². The summed E-state index contributed by atoms with van der Waals surface area (Å²) in [5.74, 6) is 0.393. The van der Waals surface area contributed by atoms with Gasteiger partial charge in [0.25, 0.3) is 0 Å². The zero-order chi connectivity index (χ0) is 11.1. The molecule has 2 heterocycles. The fourth-order valence-electron chi connectivity index (χ4n) is 1.89. The predicted molar refractivity (Wildman–Crippen MR) is 60.9 cm³/mol. The summed E-state index contributed by atoms with van der Waals surface area (Å²) in [7, 11) is 0. The molecule has 0 amide bonds. The average molecular weight is 245 g/mol. The maximum Gasteiger partial charge on any atom is 0.330 e. The van der Waals surface area contributed by atoms with Gasteiger partial charge in [0.05, 0.1) is 0 Å². The summed E-state index contributed by atoms with van der Waals surface area (Å²) >= 11 is 2.66. The number of carbonyl (C=O) groups is 1. The minimum Gasteiger partial charge on any atom is -0.479 e. The van der Waals surface area contributed by atoms with Crippen molar-refractivity contribution in [2.75, 3.05) is 11.5 Å². The zero-order valence-corrected chi connectivity index (χ0v) is 9.86. The minimum atomic E-state index is -1.01. The summed E-state index contributed by atoms with van der Waals surface area (Å²) in [6.07, 6.45) is 0.532. The Morgan fingerprint density at radius 1 is 1.67 bits per heavy atom. The van der Waals surface area contributed by atoms with Crippen molar-refractivity contribution in [3.8, 4) is 0 Å². The van der Waals surface area contributed by atoms with Crippen molar-refractivity contribution >= 4 is 29.1 Å². The Kier molecular flexibility index (Phi) is 2.64. The van der Waals surface area contributed by atoms with Crippen LogP contribution in [0.3, 0.4) is 0 Å². The van der Waals surface area contributed by atoms with Crippen molar-refractivity contribution in [1.82, 2.24) is 4.57 Å². The van der Waals surface area contributed by atoms with Gasteiger partial charge in [0.15, 0.2) is 5.54 Å². The van der Waals surface area contributed by atoms with Gasteiger partial charge in [-0.1, -0.05) is 11.3 Å². The van der Waals surface area contributed by atoms with Gasteiger partial charge >= 0.3 is 10.8 Å². The van der Waals surface area contributed by atoms with Crippen LogP contribution in [0.2, 0.25) is 0 Å². The molecule has 6 heteroatoms. The summed E-state index contributed by atoms with van der Waals surface area (Å²) in [5.41, 5.74) is -0.263. The molecule has 0 aromatic carbocycles. The Morgan fingerprint density at radius 3 is 2.80 bits per heavy atom. The van der Waals surface area contributed by atoms with Crippen LogP contribution in [0, 0.1) is 6.92 Å². The molecular weight excluding hydrogens is 234 g/mol. The SMILES string of the molecule is Cc1csc(=O)n1C1(C(=O)O)CCSC1. The Morgan fingerprint density at radius 2 is 2.40 bits per heavy atom. The molecule has 4 nitrogen and oxygen atoms in total. The lowest BCUT2D eigenvalue weighted by atomic mass is 9.98. The molecule has 1 unspecified atom stereocenters. The Hall–Kier alpha value is -0.750. The lowest BCUT2D eigenvalue weighted by Gasteiger charge is -2.25. The van der Waals surface area contributed by atoms with Crippen LogP contribution in [0.5, 0.6) is 0 Å². The molecule has 2 rings (SSSR count). The van der Waals surface area contributed by atoms with Crippen LogP contribution in [-0.4, -0.2) is 27.1 Å². The van der Waals surface area contributed by atoms with E-state index in [2.05, 4.69) is 0 Å². The van der Waals surface area contributed by atoms with E-state index in [0.29, 0.717) is 12.2 Å². The largest absolute Gasteiger partial charge is 0.479 e. The van der Waals surface area contributed by atoms with Gasteiger partial charge in [0.2, 0.25) is 0 Å². The number of carboxylic acids is 1. The molecule has 0 spiro atoms. The maximum atomic E-state index is 11.6. The highest BCUT2D eigenvalue weighted by molar-refractivity contribution is 7.99. The van der Waals surface area contributed by atoms with Crippen LogP contribution in [-0.2, 0) is 10.3 Å². The average Bonchev–Trinajstić information content (AvgIpc) is 2.74. The lowest BCUT2D eigenvalue weighted by Crippen LogP contribution is -2.46. The van der Waals surface area contributed by atoms with E-state index in [1.54, 1.807) is 24.1 Å². The summed E-state index contributed by atoms with van der Waals surface area (Å²) in [6.45, 7) is 1.78. The van der Waals surface area contributed by atoms with Crippen LogP contribution in [0.1, 0.15) is 12.1 Å². The summed E-state index contributed by atoms with van der Waals surface area (Å²) in [4.78, 5) is 22.8. The van der Waals surface area contributed by atoms with Crippen LogP contribution >= 0.6 is 23.1 Å². The molecule has 1 fully saturated rings. The minimum absolute atomic E-state index is 0.169. The van der Waals surface area contributed by atoms with Gasteiger partial charge in [-0.15, -0.1) is 0 Å². The number of hydrogen-bond donors (Lipinski definition) is 1. The number of aliphatic carboxylic acids is 1. The molecule has 0 bridgehead atoms. The van der Waals surface area contributed by atoms with E-state index in [-0.39, 0.29) is 4.87 Å². The van der Waals surface area contributed by atoms with Gasteiger partial charge in [-0.05, 0) is 19.1 Å². The normalized spacial score (nSPS) is 25.7. The fraction of sp³-hybridized carbons (Fsp3) is 0.556. The first-order chi connectivity index (χ1) is 7.08. The van der Waals surface area contributed by atoms with Gasteiger partial charge in [0, 0.05) is 16.8 Å². The molecule has 0 saturated carbocycles.